The third-order valence-corrected chi connectivity index (χ3v) is 2.54. The zero-order valence-electron chi connectivity index (χ0n) is 8.91. The van der Waals surface area contributed by atoms with Gasteiger partial charge in [0, 0.05) is 11.5 Å². The second-order valence-electron chi connectivity index (χ2n) is 5.01. The molecular weight excluding hydrogens is 176 g/mol. The van der Waals surface area contributed by atoms with Gasteiger partial charge >= 0.3 is 5.97 Å². The van der Waals surface area contributed by atoms with Crippen LogP contribution in [0.4, 0.5) is 0 Å². The lowest BCUT2D eigenvalue weighted by Crippen LogP contribution is -2.26. The molecule has 0 aliphatic heterocycles. The molecule has 0 aromatic heterocycles. The van der Waals surface area contributed by atoms with Crippen molar-refractivity contribution in [1.29, 1.82) is 0 Å². The van der Waals surface area contributed by atoms with Gasteiger partial charge in [-0.25, -0.2) is 4.79 Å². The van der Waals surface area contributed by atoms with Crippen molar-refractivity contribution in [3.8, 4) is 0 Å². The Morgan fingerprint density at radius 2 is 2.14 bits per heavy atom. The molecule has 0 saturated heterocycles. The number of esters is 1. The molecule has 0 aromatic carbocycles. The fraction of sp³-hybridized carbons (Fsp3) is 0.583. The third kappa shape index (κ3) is 1.74. The zero-order valence-corrected chi connectivity index (χ0v) is 8.91. The number of hydrogen-bond acceptors (Lipinski definition) is 2. The van der Waals surface area contributed by atoms with Gasteiger partial charge in [-0.2, -0.15) is 0 Å². The number of carbonyl (C=O) groups is 1. The molecule has 2 nitrogen and oxygen atoms in total. The van der Waals surface area contributed by atoms with Crippen LogP contribution in [0, 0.1) is 11.8 Å². The number of carbonyl (C=O) groups excluding carboxylic acids is 1. The van der Waals surface area contributed by atoms with Gasteiger partial charge < -0.3 is 4.74 Å². The van der Waals surface area contributed by atoms with Gasteiger partial charge in [0.15, 0.2) is 0 Å². The molecule has 2 rings (SSSR count). The van der Waals surface area contributed by atoms with E-state index < -0.39 is 0 Å². The van der Waals surface area contributed by atoms with E-state index in [1.165, 1.54) is 0 Å². The van der Waals surface area contributed by atoms with Gasteiger partial charge in [0.1, 0.15) is 5.60 Å². The summed E-state index contributed by atoms with van der Waals surface area (Å²) in [4.78, 5) is 11.7. The maximum absolute atomic E-state index is 11.7. The van der Waals surface area contributed by atoms with Crippen LogP contribution in [0.5, 0.6) is 0 Å². The summed E-state index contributed by atoms with van der Waals surface area (Å²) in [6.07, 6.45) is 7.38. The largest absolute Gasteiger partial charge is 0.457 e. The Kier molecular flexibility index (Phi) is 2.02. The molecule has 0 unspecified atom stereocenters. The molecular formula is C12H16O2. The number of ether oxygens (including phenoxy) is 1. The highest BCUT2D eigenvalue weighted by molar-refractivity contribution is 5.90. The highest BCUT2D eigenvalue weighted by Gasteiger charge is 2.34. The highest BCUT2D eigenvalue weighted by Crippen LogP contribution is 2.39. The minimum absolute atomic E-state index is 0.144. The first-order chi connectivity index (χ1) is 6.46. The van der Waals surface area contributed by atoms with Crippen LogP contribution in [0.15, 0.2) is 23.8 Å². The van der Waals surface area contributed by atoms with Gasteiger partial charge in [-0.15, -0.1) is 0 Å². The number of hydrogen-bond donors (Lipinski definition) is 0. The molecule has 14 heavy (non-hydrogen) atoms. The number of fused-ring (bicyclic) bond motifs is 2. The summed E-state index contributed by atoms with van der Waals surface area (Å²) in [7, 11) is 0. The summed E-state index contributed by atoms with van der Waals surface area (Å²) < 4.78 is 5.33. The molecule has 0 heterocycles. The zero-order chi connectivity index (χ0) is 10.3. The van der Waals surface area contributed by atoms with Gasteiger partial charge in [0.05, 0.1) is 0 Å². The van der Waals surface area contributed by atoms with E-state index in [2.05, 4.69) is 12.2 Å². The Morgan fingerprint density at radius 3 is 2.57 bits per heavy atom. The maximum Gasteiger partial charge on any atom is 0.334 e. The first-order valence-electron chi connectivity index (χ1n) is 5.09. The minimum atomic E-state index is -0.385. The van der Waals surface area contributed by atoms with Crippen molar-refractivity contribution < 1.29 is 9.53 Å². The van der Waals surface area contributed by atoms with Crippen molar-refractivity contribution in [3.63, 3.8) is 0 Å². The SMILES string of the molecule is CC(C)(C)OC(=O)C1=C[C@@H]2C=C[C@H]1C2. The van der Waals surface area contributed by atoms with E-state index in [0.717, 1.165) is 12.0 Å². The van der Waals surface area contributed by atoms with Gasteiger partial charge in [-0.3, -0.25) is 0 Å². The normalized spacial score (nSPS) is 29.2. The van der Waals surface area contributed by atoms with Crippen molar-refractivity contribution in [2.24, 2.45) is 11.8 Å². The Hall–Kier alpha value is -1.05. The van der Waals surface area contributed by atoms with Gasteiger partial charge in [-0.05, 0) is 33.1 Å². The van der Waals surface area contributed by atoms with E-state index in [1.807, 2.05) is 26.8 Å². The van der Waals surface area contributed by atoms with Crippen LogP contribution in [-0.2, 0) is 9.53 Å². The standard InChI is InChI=1S/C12H16O2/c1-12(2,3)14-11(13)10-7-8-4-5-9(10)6-8/h4-5,7-9H,6H2,1-3H3/t8-,9+/m1/s1. The monoisotopic (exact) mass is 192 g/mol. The smallest absolute Gasteiger partial charge is 0.334 e. The highest BCUT2D eigenvalue weighted by atomic mass is 16.6. The van der Waals surface area contributed by atoms with Crippen LogP contribution < -0.4 is 0 Å². The Balaban J connectivity index is 2.04. The molecule has 76 valence electrons. The second kappa shape index (κ2) is 2.97. The number of allylic oxidation sites excluding steroid dienone is 3. The Bertz CT molecular complexity index is 318. The summed E-state index contributed by atoms with van der Waals surface area (Å²) in [6, 6.07) is 0. The van der Waals surface area contributed by atoms with E-state index >= 15 is 0 Å². The fourth-order valence-corrected chi connectivity index (χ4v) is 1.99. The predicted molar refractivity (Wildman–Crippen MR) is 54.7 cm³/mol. The third-order valence-electron chi connectivity index (χ3n) is 2.54. The minimum Gasteiger partial charge on any atom is -0.457 e. The molecule has 2 aliphatic rings. The predicted octanol–water partition coefficient (Wildman–Crippen LogP) is 2.46. The summed E-state index contributed by atoms with van der Waals surface area (Å²) >= 11 is 0. The van der Waals surface area contributed by atoms with Crippen molar-refractivity contribution in [2.75, 3.05) is 0 Å². The van der Waals surface area contributed by atoms with Crippen molar-refractivity contribution in [1.82, 2.24) is 0 Å². The van der Waals surface area contributed by atoms with Crippen LogP contribution in [0.25, 0.3) is 0 Å². The molecule has 0 saturated carbocycles. The van der Waals surface area contributed by atoms with Crippen molar-refractivity contribution in [2.45, 2.75) is 32.8 Å². The van der Waals surface area contributed by atoms with Crippen LogP contribution >= 0.6 is 0 Å². The average molecular weight is 192 g/mol. The molecule has 0 spiro atoms. The molecule has 2 atom stereocenters. The van der Waals surface area contributed by atoms with E-state index in [0.29, 0.717) is 11.8 Å². The van der Waals surface area contributed by atoms with Gasteiger partial charge in [-0.1, -0.05) is 18.2 Å². The molecule has 2 heteroatoms. The Labute approximate surface area is 84.6 Å². The van der Waals surface area contributed by atoms with Gasteiger partial charge in [0.25, 0.3) is 0 Å². The second-order valence-corrected chi connectivity index (χ2v) is 5.01. The van der Waals surface area contributed by atoms with Crippen molar-refractivity contribution >= 4 is 5.97 Å². The van der Waals surface area contributed by atoms with E-state index in [-0.39, 0.29) is 11.6 Å². The molecule has 0 N–H and O–H groups in total. The van der Waals surface area contributed by atoms with E-state index in [4.69, 9.17) is 4.74 Å². The topological polar surface area (TPSA) is 26.3 Å². The van der Waals surface area contributed by atoms with E-state index in [1.54, 1.807) is 0 Å². The number of rotatable bonds is 1. The fourth-order valence-electron chi connectivity index (χ4n) is 1.99. The summed E-state index contributed by atoms with van der Waals surface area (Å²) in [6.45, 7) is 5.69. The summed E-state index contributed by atoms with van der Waals surface area (Å²) in [5.74, 6) is 0.645. The summed E-state index contributed by atoms with van der Waals surface area (Å²) in [5, 5.41) is 0. The first kappa shape index (κ1) is 9.50. The first-order valence-corrected chi connectivity index (χ1v) is 5.09. The average Bonchev–Trinajstić information content (AvgIpc) is 2.59. The van der Waals surface area contributed by atoms with Crippen LogP contribution in [-0.4, -0.2) is 11.6 Å². The maximum atomic E-state index is 11.7. The lowest BCUT2D eigenvalue weighted by Gasteiger charge is -2.21. The molecule has 0 fully saturated rings. The molecule has 0 amide bonds. The van der Waals surface area contributed by atoms with Crippen LogP contribution in [0.2, 0.25) is 0 Å². The molecule has 2 bridgehead atoms. The molecule has 0 radical (unpaired) electrons. The van der Waals surface area contributed by atoms with E-state index in [9.17, 15) is 4.79 Å². The van der Waals surface area contributed by atoms with Crippen molar-refractivity contribution in [3.05, 3.63) is 23.8 Å². The van der Waals surface area contributed by atoms with Crippen LogP contribution in [0.1, 0.15) is 27.2 Å². The summed E-state index contributed by atoms with van der Waals surface area (Å²) in [5.41, 5.74) is 0.469. The van der Waals surface area contributed by atoms with Crippen LogP contribution in [0.3, 0.4) is 0 Å². The Morgan fingerprint density at radius 1 is 1.43 bits per heavy atom. The molecule has 2 aliphatic carbocycles. The lowest BCUT2D eigenvalue weighted by atomic mass is 10.0. The quantitative estimate of drug-likeness (QED) is 0.471. The molecule has 0 aromatic rings. The lowest BCUT2D eigenvalue weighted by molar-refractivity contribution is -0.150. The van der Waals surface area contributed by atoms with Gasteiger partial charge in [0.2, 0.25) is 0 Å².